The van der Waals surface area contributed by atoms with E-state index < -0.39 is 11.9 Å². The van der Waals surface area contributed by atoms with E-state index in [1.807, 2.05) is 12.1 Å². The van der Waals surface area contributed by atoms with E-state index in [1.54, 1.807) is 6.92 Å². The Labute approximate surface area is 149 Å². The van der Waals surface area contributed by atoms with Gasteiger partial charge in [-0.1, -0.05) is 46.8 Å². The number of hydrogen-bond donors (Lipinski definition) is 1. The average Bonchev–Trinajstić information content (AvgIpc) is 2.79. The first-order valence-corrected chi connectivity index (χ1v) is 8.73. The Hall–Kier alpha value is -2.17. The molecule has 2 aromatic rings. The van der Waals surface area contributed by atoms with E-state index in [1.165, 1.54) is 12.6 Å². The van der Waals surface area contributed by atoms with Crippen molar-refractivity contribution in [2.45, 2.75) is 59.3 Å². The van der Waals surface area contributed by atoms with Crippen LogP contribution < -0.4 is 5.32 Å². The second-order valence-electron chi connectivity index (χ2n) is 7.52. The molecule has 1 amide bonds. The van der Waals surface area contributed by atoms with Gasteiger partial charge in [-0.15, -0.1) is 0 Å². The molecule has 0 aliphatic heterocycles. The summed E-state index contributed by atoms with van der Waals surface area (Å²) in [6.45, 7) is 12.4. The molecule has 0 spiro atoms. The molecule has 0 bridgehead atoms. The Bertz CT molecular complexity index is 790. The van der Waals surface area contributed by atoms with Crippen molar-refractivity contribution in [3.63, 3.8) is 0 Å². The predicted molar refractivity (Wildman–Crippen MR) is 99.7 cm³/mol. The zero-order chi connectivity index (χ0) is 18.9. The van der Waals surface area contributed by atoms with Crippen LogP contribution in [0, 0.1) is 12.9 Å². The zero-order valence-corrected chi connectivity index (χ0v) is 16.2. The molecule has 1 heterocycles. The maximum absolute atomic E-state index is 14.1. The van der Waals surface area contributed by atoms with Crippen LogP contribution in [0.4, 0.5) is 10.1 Å². The molecule has 0 aliphatic rings. The van der Waals surface area contributed by atoms with Crippen LogP contribution in [0.25, 0.3) is 0 Å². The predicted octanol–water partition coefficient (Wildman–Crippen LogP) is 4.93. The third-order valence-electron chi connectivity index (χ3n) is 4.97. The molecule has 2 rings (SSSR count). The van der Waals surface area contributed by atoms with Crippen molar-refractivity contribution < 1.29 is 9.18 Å². The fraction of sp³-hybridized carbons (Fsp3) is 0.500. The molecular formula is C20H28FN3O. The van der Waals surface area contributed by atoms with Crippen LogP contribution in [0.3, 0.4) is 0 Å². The molecule has 0 unspecified atom stereocenters. The Balaban J connectivity index is 2.41. The van der Waals surface area contributed by atoms with Crippen LogP contribution in [0.5, 0.6) is 0 Å². The van der Waals surface area contributed by atoms with Crippen molar-refractivity contribution in [1.29, 1.82) is 0 Å². The number of carbonyl (C=O) groups is 1. The molecule has 0 saturated carbocycles. The Morgan fingerprint density at radius 1 is 1.36 bits per heavy atom. The van der Waals surface area contributed by atoms with Crippen molar-refractivity contribution in [3.05, 3.63) is 46.5 Å². The lowest BCUT2D eigenvalue weighted by molar-refractivity contribution is 0.102. The van der Waals surface area contributed by atoms with Crippen LogP contribution in [-0.4, -0.2) is 15.7 Å². The first-order valence-electron chi connectivity index (χ1n) is 8.73. The SMILES string of the molecule is CCC(C)(C)c1ccc(NC(=O)c2c(C)nn(C)c2F)c(C(C)C)c1. The molecule has 1 aromatic heterocycles. The minimum atomic E-state index is -0.621. The summed E-state index contributed by atoms with van der Waals surface area (Å²) in [6.07, 6.45) is 1.02. The third-order valence-corrected chi connectivity index (χ3v) is 4.97. The highest BCUT2D eigenvalue weighted by Gasteiger charge is 2.23. The van der Waals surface area contributed by atoms with Crippen molar-refractivity contribution in [2.75, 3.05) is 5.32 Å². The minimum Gasteiger partial charge on any atom is -0.322 e. The van der Waals surface area contributed by atoms with E-state index in [4.69, 9.17) is 0 Å². The molecule has 1 aromatic carbocycles. The number of nitrogens with one attached hydrogen (secondary N) is 1. The third kappa shape index (κ3) is 3.75. The van der Waals surface area contributed by atoms with Crippen LogP contribution in [0.1, 0.15) is 74.1 Å². The van der Waals surface area contributed by atoms with Gasteiger partial charge in [0, 0.05) is 12.7 Å². The smallest absolute Gasteiger partial charge is 0.262 e. The monoisotopic (exact) mass is 345 g/mol. The summed E-state index contributed by atoms with van der Waals surface area (Å²) in [5, 5.41) is 6.84. The van der Waals surface area contributed by atoms with E-state index in [2.05, 4.69) is 51.1 Å². The van der Waals surface area contributed by atoms with E-state index in [-0.39, 0.29) is 16.9 Å². The Kier molecular flexibility index (Phi) is 5.35. The van der Waals surface area contributed by atoms with Crippen molar-refractivity contribution in [1.82, 2.24) is 9.78 Å². The van der Waals surface area contributed by atoms with Gasteiger partial charge in [-0.05, 0) is 41.9 Å². The second-order valence-corrected chi connectivity index (χ2v) is 7.52. The lowest BCUT2D eigenvalue weighted by atomic mass is 9.80. The molecule has 25 heavy (non-hydrogen) atoms. The number of benzene rings is 1. The summed E-state index contributed by atoms with van der Waals surface area (Å²) in [6, 6.07) is 6.11. The van der Waals surface area contributed by atoms with Crippen LogP contribution >= 0.6 is 0 Å². The van der Waals surface area contributed by atoms with Gasteiger partial charge in [0.2, 0.25) is 5.95 Å². The molecule has 5 heteroatoms. The molecule has 136 valence electrons. The number of aryl methyl sites for hydroxylation is 2. The zero-order valence-electron chi connectivity index (χ0n) is 16.2. The molecule has 0 saturated heterocycles. The first kappa shape index (κ1) is 19.2. The van der Waals surface area contributed by atoms with Gasteiger partial charge in [0.15, 0.2) is 0 Å². The van der Waals surface area contributed by atoms with Gasteiger partial charge in [-0.2, -0.15) is 9.49 Å². The minimum absolute atomic E-state index is 0.00447. The number of anilines is 1. The highest BCUT2D eigenvalue weighted by Crippen LogP contribution is 2.33. The molecule has 0 fully saturated rings. The van der Waals surface area contributed by atoms with Gasteiger partial charge in [-0.3, -0.25) is 4.79 Å². The lowest BCUT2D eigenvalue weighted by Crippen LogP contribution is -2.18. The summed E-state index contributed by atoms with van der Waals surface area (Å²) in [7, 11) is 1.49. The lowest BCUT2D eigenvalue weighted by Gasteiger charge is -2.26. The number of rotatable bonds is 5. The number of aromatic nitrogens is 2. The number of hydrogen-bond acceptors (Lipinski definition) is 2. The summed E-state index contributed by atoms with van der Waals surface area (Å²) >= 11 is 0. The number of amides is 1. The molecule has 0 aliphatic carbocycles. The van der Waals surface area contributed by atoms with Crippen LogP contribution in [0.2, 0.25) is 0 Å². The molecule has 1 N–H and O–H groups in total. The summed E-state index contributed by atoms with van der Waals surface area (Å²) < 4.78 is 15.2. The molecule has 0 atom stereocenters. The van der Waals surface area contributed by atoms with Gasteiger partial charge in [0.05, 0.1) is 5.69 Å². The number of nitrogens with zero attached hydrogens (tertiary/aromatic N) is 2. The highest BCUT2D eigenvalue weighted by atomic mass is 19.1. The molecule has 0 radical (unpaired) electrons. The fourth-order valence-electron chi connectivity index (χ4n) is 2.85. The van der Waals surface area contributed by atoms with Crippen molar-refractivity contribution in [2.24, 2.45) is 7.05 Å². The van der Waals surface area contributed by atoms with Crippen molar-refractivity contribution >= 4 is 11.6 Å². The second kappa shape index (κ2) is 6.98. The van der Waals surface area contributed by atoms with E-state index in [9.17, 15) is 9.18 Å². The summed E-state index contributed by atoms with van der Waals surface area (Å²) in [5.74, 6) is -0.847. The Morgan fingerprint density at radius 2 is 2.00 bits per heavy atom. The number of carbonyl (C=O) groups excluding carboxylic acids is 1. The average molecular weight is 345 g/mol. The van der Waals surface area contributed by atoms with Gasteiger partial charge < -0.3 is 5.32 Å². The van der Waals surface area contributed by atoms with Crippen LogP contribution in [-0.2, 0) is 12.5 Å². The largest absolute Gasteiger partial charge is 0.322 e. The standard InChI is InChI=1S/C20H28FN3O/c1-8-20(5,6)14-9-10-16(15(11-14)12(2)3)22-19(25)17-13(4)23-24(7)18(17)21/h9-12H,8H2,1-7H3,(H,22,25). The number of halogens is 1. The van der Waals surface area contributed by atoms with Gasteiger partial charge in [0.1, 0.15) is 5.56 Å². The van der Waals surface area contributed by atoms with Crippen molar-refractivity contribution in [3.8, 4) is 0 Å². The topological polar surface area (TPSA) is 46.9 Å². The quantitative estimate of drug-likeness (QED) is 0.835. The van der Waals surface area contributed by atoms with Crippen LogP contribution in [0.15, 0.2) is 18.2 Å². The molecular weight excluding hydrogens is 317 g/mol. The normalized spacial score (nSPS) is 11.9. The molecule has 4 nitrogen and oxygen atoms in total. The first-order chi connectivity index (χ1) is 11.6. The maximum Gasteiger partial charge on any atom is 0.262 e. The highest BCUT2D eigenvalue weighted by molar-refractivity contribution is 6.05. The fourth-order valence-corrected chi connectivity index (χ4v) is 2.85. The summed E-state index contributed by atoms with van der Waals surface area (Å²) in [5.41, 5.74) is 3.45. The maximum atomic E-state index is 14.1. The van der Waals surface area contributed by atoms with E-state index in [0.29, 0.717) is 5.69 Å². The van der Waals surface area contributed by atoms with Gasteiger partial charge >= 0.3 is 0 Å². The van der Waals surface area contributed by atoms with E-state index >= 15 is 0 Å². The van der Waals surface area contributed by atoms with Gasteiger partial charge in [-0.25, -0.2) is 4.68 Å². The van der Waals surface area contributed by atoms with Gasteiger partial charge in [0.25, 0.3) is 5.91 Å². The Morgan fingerprint density at radius 3 is 2.48 bits per heavy atom. The summed E-state index contributed by atoms with van der Waals surface area (Å²) in [4.78, 5) is 12.6. The van der Waals surface area contributed by atoms with E-state index in [0.717, 1.165) is 22.4 Å².